The highest BCUT2D eigenvalue weighted by Gasteiger charge is 2.33. The third-order valence-corrected chi connectivity index (χ3v) is 4.99. The predicted molar refractivity (Wildman–Crippen MR) is 99.7 cm³/mol. The summed E-state index contributed by atoms with van der Waals surface area (Å²) in [6.45, 7) is 2.70. The zero-order valence-corrected chi connectivity index (χ0v) is 15.4. The first-order chi connectivity index (χ1) is 13.7. The fourth-order valence-corrected chi connectivity index (χ4v) is 3.52. The molecule has 0 atom stereocenters. The van der Waals surface area contributed by atoms with Gasteiger partial charge >= 0.3 is 0 Å². The van der Waals surface area contributed by atoms with E-state index >= 15 is 0 Å². The molecule has 0 radical (unpaired) electrons. The number of hydrogen-bond acceptors (Lipinski definition) is 7. The molecule has 144 valence electrons. The highest BCUT2D eigenvalue weighted by atomic mass is 16.7. The number of Topliss-reactive ketones (excluding diaryl/α,β-unsaturated/α-hetero) is 1. The first-order valence-corrected chi connectivity index (χ1v) is 9.07. The zero-order chi connectivity index (χ0) is 19.1. The lowest BCUT2D eigenvalue weighted by Crippen LogP contribution is -2.34. The molecular formula is C21H19NO6. The van der Waals surface area contributed by atoms with Gasteiger partial charge in [-0.05, 0) is 35.9 Å². The number of carbonyl (C=O) groups is 1. The van der Waals surface area contributed by atoms with E-state index in [1.807, 2.05) is 24.3 Å². The van der Waals surface area contributed by atoms with Crippen molar-refractivity contribution >= 4 is 11.9 Å². The topological polar surface area (TPSA) is 66.5 Å². The van der Waals surface area contributed by atoms with Gasteiger partial charge in [0.2, 0.25) is 12.6 Å². The Balaban J connectivity index is 1.44. The number of fused-ring (bicyclic) bond motifs is 4. The Labute approximate surface area is 162 Å². The van der Waals surface area contributed by atoms with E-state index in [4.69, 9.17) is 23.7 Å². The van der Waals surface area contributed by atoms with Crippen LogP contribution >= 0.6 is 0 Å². The second-order valence-corrected chi connectivity index (χ2v) is 6.79. The summed E-state index contributed by atoms with van der Waals surface area (Å²) in [6.07, 6.45) is 1.73. The van der Waals surface area contributed by atoms with Gasteiger partial charge in [0, 0.05) is 20.2 Å². The molecule has 0 aromatic heterocycles. The standard InChI is InChI=1S/C21H19NO6/c1-24-7-6-22-10-15-16(25-11-22)5-3-14-20(23)19(28-21(14)15)9-13-2-4-17-18(8-13)27-12-26-17/h2-5,8-9H,6-7,10-12H2,1H3/b19-9-. The van der Waals surface area contributed by atoms with Gasteiger partial charge in [-0.2, -0.15) is 0 Å². The Morgan fingerprint density at radius 1 is 1.11 bits per heavy atom. The van der Waals surface area contributed by atoms with Gasteiger partial charge in [-0.15, -0.1) is 0 Å². The first kappa shape index (κ1) is 17.1. The summed E-state index contributed by atoms with van der Waals surface area (Å²) in [5.74, 6) is 2.85. The molecule has 2 aromatic carbocycles. The fourth-order valence-electron chi connectivity index (χ4n) is 3.52. The number of ketones is 1. The summed E-state index contributed by atoms with van der Waals surface area (Å²) < 4.78 is 27.7. The number of ether oxygens (including phenoxy) is 5. The van der Waals surface area contributed by atoms with Gasteiger partial charge in [-0.3, -0.25) is 9.69 Å². The summed E-state index contributed by atoms with van der Waals surface area (Å²) in [6, 6.07) is 9.13. The van der Waals surface area contributed by atoms with Crippen LogP contribution in [0.2, 0.25) is 0 Å². The molecule has 0 saturated carbocycles. The Morgan fingerprint density at radius 2 is 1.96 bits per heavy atom. The molecule has 3 aliphatic heterocycles. The molecule has 0 bridgehead atoms. The lowest BCUT2D eigenvalue weighted by molar-refractivity contribution is 0.0646. The number of hydrogen-bond donors (Lipinski definition) is 0. The summed E-state index contributed by atoms with van der Waals surface area (Å²) >= 11 is 0. The van der Waals surface area contributed by atoms with Crippen molar-refractivity contribution in [2.24, 2.45) is 0 Å². The Morgan fingerprint density at radius 3 is 2.86 bits per heavy atom. The van der Waals surface area contributed by atoms with Gasteiger partial charge in [0.1, 0.15) is 18.2 Å². The smallest absolute Gasteiger partial charge is 0.231 e. The van der Waals surface area contributed by atoms with E-state index in [1.165, 1.54) is 0 Å². The largest absolute Gasteiger partial charge is 0.478 e. The van der Waals surface area contributed by atoms with Crippen molar-refractivity contribution in [1.29, 1.82) is 0 Å². The van der Waals surface area contributed by atoms with Gasteiger partial charge in [0.05, 0.1) is 17.7 Å². The minimum Gasteiger partial charge on any atom is -0.478 e. The maximum absolute atomic E-state index is 12.9. The summed E-state index contributed by atoms with van der Waals surface area (Å²) in [7, 11) is 1.67. The minimum absolute atomic E-state index is 0.135. The molecule has 5 rings (SSSR count). The molecule has 0 saturated heterocycles. The molecule has 0 aliphatic carbocycles. The summed E-state index contributed by atoms with van der Waals surface area (Å²) in [5, 5.41) is 0. The molecule has 28 heavy (non-hydrogen) atoms. The molecule has 0 spiro atoms. The number of carbonyl (C=O) groups excluding carboxylic acids is 1. The van der Waals surface area contributed by atoms with Crippen molar-refractivity contribution in [2.45, 2.75) is 6.54 Å². The van der Waals surface area contributed by atoms with Crippen molar-refractivity contribution in [3.05, 3.63) is 52.8 Å². The van der Waals surface area contributed by atoms with E-state index in [1.54, 1.807) is 19.3 Å². The Kier molecular flexibility index (Phi) is 4.18. The maximum Gasteiger partial charge on any atom is 0.231 e. The van der Waals surface area contributed by atoms with Crippen molar-refractivity contribution < 1.29 is 28.5 Å². The van der Waals surface area contributed by atoms with Crippen LogP contribution < -0.4 is 18.9 Å². The van der Waals surface area contributed by atoms with Crippen LogP contribution in [0, 0.1) is 0 Å². The van der Waals surface area contributed by atoms with Crippen LogP contribution in [0.1, 0.15) is 21.5 Å². The van der Waals surface area contributed by atoms with Gasteiger partial charge in [0.25, 0.3) is 0 Å². The van der Waals surface area contributed by atoms with Crippen LogP contribution in [0.25, 0.3) is 6.08 Å². The quantitative estimate of drug-likeness (QED) is 0.755. The van der Waals surface area contributed by atoms with Crippen molar-refractivity contribution in [3.8, 4) is 23.0 Å². The number of nitrogens with zero attached hydrogens (tertiary/aromatic N) is 1. The normalized spacial score (nSPS) is 18.6. The molecule has 0 fully saturated rings. The second-order valence-electron chi connectivity index (χ2n) is 6.79. The lowest BCUT2D eigenvalue weighted by Gasteiger charge is -2.29. The molecule has 2 aromatic rings. The number of benzene rings is 2. The van der Waals surface area contributed by atoms with Gasteiger partial charge in [0.15, 0.2) is 17.3 Å². The van der Waals surface area contributed by atoms with E-state index in [-0.39, 0.29) is 18.3 Å². The van der Waals surface area contributed by atoms with E-state index in [9.17, 15) is 4.79 Å². The SMILES string of the molecule is COCCN1COc2ccc3c(c2C1)O/C(=C\c1ccc2c(c1)OCO2)C3=O. The van der Waals surface area contributed by atoms with Crippen molar-refractivity contribution in [2.75, 3.05) is 33.8 Å². The average Bonchev–Trinajstić information content (AvgIpc) is 3.31. The fraction of sp³-hybridized carbons (Fsp3) is 0.286. The van der Waals surface area contributed by atoms with Crippen LogP contribution in [0.15, 0.2) is 36.1 Å². The Bertz CT molecular complexity index is 983. The summed E-state index contributed by atoms with van der Waals surface area (Å²) in [5.41, 5.74) is 2.26. The maximum atomic E-state index is 12.9. The molecule has 7 heteroatoms. The number of allylic oxidation sites excluding steroid dienone is 1. The third kappa shape index (κ3) is 2.89. The Hall–Kier alpha value is -3.03. The molecule has 0 N–H and O–H groups in total. The van der Waals surface area contributed by atoms with E-state index < -0.39 is 0 Å². The molecule has 3 heterocycles. The van der Waals surface area contributed by atoms with Gasteiger partial charge in [-0.25, -0.2) is 0 Å². The zero-order valence-electron chi connectivity index (χ0n) is 15.4. The molecular weight excluding hydrogens is 362 g/mol. The molecule has 0 amide bonds. The average molecular weight is 381 g/mol. The second kappa shape index (κ2) is 6.85. The number of rotatable bonds is 4. The van der Waals surface area contributed by atoms with Crippen molar-refractivity contribution in [1.82, 2.24) is 4.90 Å². The van der Waals surface area contributed by atoms with Crippen LogP contribution in [0.4, 0.5) is 0 Å². The monoisotopic (exact) mass is 381 g/mol. The van der Waals surface area contributed by atoms with Crippen LogP contribution in [-0.2, 0) is 11.3 Å². The highest BCUT2D eigenvalue weighted by Crippen LogP contribution is 2.42. The van der Waals surface area contributed by atoms with Crippen LogP contribution in [-0.4, -0.2) is 44.5 Å². The van der Waals surface area contributed by atoms with Crippen LogP contribution in [0.5, 0.6) is 23.0 Å². The van der Waals surface area contributed by atoms with Crippen molar-refractivity contribution in [3.63, 3.8) is 0 Å². The molecule has 7 nitrogen and oxygen atoms in total. The molecule has 3 aliphatic rings. The van der Waals surface area contributed by atoms with E-state index in [2.05, 4.69) is 4.90 Å². The number of methoxy groups -OCH3 is 1. The lowest BCUT2D eigenvalue weighted by atomic mass is 10.0. The van der Waals surface area contributed by atoms with E-state index in [0.717, 1.165) is 23.4 Å². The third-order valence-electron chi connectivity index (χ3n) is 4.99. The predicted octanol–water partition coefficient (Wildman–Crippen LogP) is 2.83. The highest BCUT2D eigenvalue weighted by molar-refractivity contribution is 6.15. The van der Waals surface area contributed by atoms with Crippen LogP contribution in [0.3, 0.4) is 0 Å². The van der Waals surface area contributed by atoms with E-state index in [0.29, 0.717) is 42.7 Å². The van der Waals surface area contributed by atoms with Gasteiger partial charge in [-0.1, -0.05) is 6.07 Å². The molecule has 0 unspecified atom stereocenters. The minimum atomic E-state index is -0.135. The summed E-state index contributed by atoms with van der Waals surface area (Å²) in [4.78, 5) is 15.0. The van der Waals surface area contributed by atoms with Gasteiger partial charge < -0.3 is 23.7 Å². The first-order valence-electron chi connectivity index (χ1n) is 9.07.